The van der Waals surface area contributed by atoms with Crippen LogP contribution in [0.1, 0.15) is 17.7 Å². The zero-order valence-electron chi connectivity index (χ0n) is 6.27. The van der Waals surface area contributed by atoms with Crippen molar-refractivity contribution in [1.29, 1.82) is 0 Å². The Hall–Kier alpha value is -0.620. The Labute approximate surface area is 80.5 Å². The smallest absolute Gasteiger partial charge is 0.280 e. The quantitative estimate of drug-likeness (QED) is 0.824. The van der Waals surface area contributed by atoms with Crippen molar-refractivity contribution >= 4 is 15.9 Å². The van der Waals surface area contributed by atoms with Gasteiger partial charge in [0.15, 0.2) is 0 Å². The summed E-state index contributed by atoms with van der Waals surface area (Å²) in [6, 6.07) is 0.928. The van der Waals surface area contributed by atoms with Gasteiger partial charge in [-0.25, -0.2) is 18.2 Å². The number of hydrogen-bond donors (Lipinski definition) is 1. The Morgan fingerprint density at radius 3 is 2.62 bits per heavy atom. The second-order valence-electron chi connectivity index (χ2n) is 2.25. The fourth-order valence-electron chi connectivity index (χ4n) is 0.866. The lowest BCUT2D eigenvalue weighted by Gasteiger charge is -2.06. The number of pyridine rings is 1. The van der Waals surface area contributed by atoms with E-state index in [4.69, 9.17) is 5.11 Å². The molecule has 72 valence electrons. The van der Waals surface area contributed by atoms with Crippen molar-refractivity contribution in [2.45, 2.75) is 13.0 Å². The van der Waals surface area contributed by atoms with Gasteiger partial charge < -0.3 is 5.11 Å². The molecular weight excluding hydrogens is 251 g/mol. The largest absolute Gasteiger partial charge is 0.391 e. The van der Waals surface area contributed by atoms with Crippen LogP contribution >= 0.6 is 15.9 Å². The summed E-state index contributed by atoms with van der Waals surface area (Å²) in [5, 5.41) is 8.61. The van der Waals surface area contributed by atoms with Gasteiger partial charge in [-0.3, -0.25) is 0 Å². The molecule has 0 saturated carbocycles. The molecule has 0 radical (unpaired) electrons. The monoisotopic (exact) mass is 255 g/mol. The maximum Gasteiger partial charge on any atom is 0.280 e. The topological polar surface area (TPSA) is 33.1 Å². The lowest BCUT2D eigenvalue weighted by atomic mass is 10.2. The van der Waals surface area contributed by atoms with Crippen molar-refractivity contribution in [3.8, 4) is 0 Å². The number of aliphatic hydroxyl groups is 1. The summed E-state index contributed by atoms with van der Waals surface area (Å²) in [5.41, 5.74) is -1.19. The van der Waals surface area contributed by atoms with Crippen molar-refractivity contribution in [3.63, 3.8) is 0 Å². The molecule has 1 aromatic heterocycles. The van der Waals surface area contributed by atoms with Gasteiger partial charge in [0.05, 0.1) is 6.61 Å². The molecule has 0 aliphatic rings. The van der Waals surface area contributed by atoms with Crippen LogP contribution in [0.15, 0.2) is 10.7 Å². The first-order valence-electron chi connectivity index (χ1n) is 3.30. The standard InChI is InChI=1S/C7H5BrF3NO/c8-5-1-4(9)3(2-13)6(12-5)7(10)11/h1,7,13H,2H2. The zero-order valence-corrected chi connectivity index (χ0v) is 7.85. The predicted octanol–water partition coefficient (Wildman–Crippen LogP) is 2.41. The molecule has 1 aromatic rings. The van der Waals surface area contributed by atoms with Gasteiger partial charge in [0.25, 0.3) is 6.43 Å². The molecule has 0 aliphatic heterocycles. The molecule has 0 aliphatic carbocycles. The van der Waals surface area contributed by atoms with Crippen molar-refractivity contribution < 1.29 is 18.3 Å². The lowest BCUT2D eigenvalue weighted by Crippen LogP contribution is -2.02. The highest BCUT2D eigenvalue weighted by Gasteiger charge is 2.18. The molecule has 0 atom stereocenters. The van der Waals surface area contributed by atoms with Gasteiger partial charge in [-0.2, -0.15) is 0 Å². The maximum atomic E-state index is 12.9. The molecule has 0 aromatic carbocycles. The lowest BCUT2D eigenvalue weighted by molar-refractivity contribution is 0.140. The van der Waals surface area contributed by atoms with Gasteiger partial charge in [-0.05, 0) is 15.9 Å². The third-order valence-electron chi connectivity index (χ3n) is 1.44. The van der Waals surface area contributed by atoms with Gasteiger partial charge in [0, 0.05) is 11.6 Å². The van der Waals surface area contributed by atoms with Crippen LogP contribution in [-0.4, -0.2) is 10.1 Å². The van der Waals surface area contributed by atoms with Crippen LogP contribution in [0.3, 0.4) is 0 Å². The Balaban J connectivity index is 3.29. The van der Waals surface area contributed by atoms with Crippen LogP contribution in [0, 0.1) is 5.82 Å². The Morgan fingerprint density at radius 2 is 2.15 bits per heavy atom. The van der Waals surface area contributed by atoms with Crippen molar-refractivity contribution in [3.05, 3.63) is 27.7 Å². The second kappa shape index (κ2) is 4.06. The van der Waals surface area contributed by atoms with Gasteiger partial charge in [0.1, 0.15) is 16.1 Å². The highest BCUT2D eigenvalue weighted by atomic mass is 79.9. The summed E-state index contributed by atoms with van der Waals surface area (Å²) in [7, 11) is 0. The number of nitrogens with zero attached hydrogens (tertiary/aromatic N) is 1. The second-order valence-corrected chi connectivity index (χ2v) is 3.06. The van der Waals surface area contributed by atoms with Gasteiger partial charge in [-0.15, -0.1) is 0 Å². The minimum absolute atomic E-state index is 0.0162. The average molecular weight is 256 g/mol. The Kier molecular flexibility index (Phi) is 3.27. The van der Waals surface area contributed by atoms with Crippen LogP contribution in [0.4, 0.5) is 13.2 Å². The molecule has 0 unspecified atom stereocenters. The molecule has 0 saturated heterocycles. The van der Waals surface area contributed by atoms with Crippen molar-refractivity contribution in [1.82, 2.24) is 4.98 Å². The molecule has 2 nitrogen and oxygen atoms in total. The van der Waals surface area contributed by atoms with Crippen molar-refractivity contribution in [2.75, 3.05) is 0 Å². The highest BCUT2D eigenvalue weighted by molar-refractivity contribution is 9.10. The molecule has 1 rings (SSSR count). The van der Waals surface area contributed by atoms with E-state index in [-0.39, 0.29) is 4.60 Å². The van der Waals surface area contributed by atoms with E-state index in [9.17, 15) is 13.2 Å². The zero-order chi connectivity index (χ0) is 10.0. The predicted molar refractivity (Wildman–Crippen MR) is 42.8 cm³/mol. The first-order valence-corrected chi connectivity index (χ1v) is 4.09. The van der Waals surface area contributed by atoms with Gasteiger partial charge in [0.2, 0.25) is 0 Å². The molecule has 0 bridgehead atoms. The fourth-order valence-corrected chi connectivity index (χ4v) is 1.26. The summed E-state index contributed by atoms with van der Waals surface area (Å²) in [4.78, 5) is 3.37. The summed E-state index contributed by atoms with van der Waals surface area (Å²) in [6.45, 7) is -0.786. The number of hydrogen-bond acceptors (Lipinski definition) is 2. The molecule has 0 fully saturated rings. The summed E-state index contributed by atoms with van der Waals surface area (Å²) in [6.07, 6.45) is -2.89. The maximum absolute atomic E-state index is 12.9. The number of alkyl halides is 2. The third kappa shape index (κ3) is 2.19. The molecule has 1 heterocycles. The summed E-state index contributed by atoms with van der Waals surface area (Å²) >= 11 is 2.78. The molecule has 13 heavy (non-hydrogen) atoms. The Bertz CT molecular complexity index is 319. The fraction of sp³-hybridized carbons (Fsp3) is 0.286. The van der Waals surface area contributed by atoms with Crippen LogP contribution in [0.25, 0.3) is 0 Å². The average Bonchev–Trinajstić information content (AvgIpc) is 2.02. The minimum Gasteiger partial charge on any atom is -0.391 e. The normalized spacial score (nSPS) is 10.9. The van der Waals surface area contributed by atoms with Crippen LogP contribution < -0.4 is 0 Å². The molecule has 0 amide bonds. The van der Waals surface area contributed by atoms with E-state index in [0.29, 0.717) is 0 Å². The van der Waals surface area contributed by atoms with E-state index in [1.807, 2.05) is 0 Å². The number of rotatable bonds is 2. The third-order valence-corrected chi connectivity index (χ3v) is 1.84. The Morgan fingerprint density at radius 1 is 1.54 bits per heavy atom. The van der Waals surface area contributed by atoms with E-state index in [1.165, 1.54) is 0 Å². The number of aromatic nitrogens is 1. The number of halogens is 4. The van der Waals surface area contributed by atoms with E-state index in [1.54, 1.807) is 0 Å². The minimum atomic E-state index is -2.89. The van der Waals surface area contributed by atoms with Crippen LogP contribution in [0.5, 0.6) is 0 Å². The van der Waals surface area contributed by atoms with Crippen LogP contribution in [0.2, 0.25) is 0 Å². The van der Waals surface area contributed by atoms with Gasteiger partial charge >= 0.3 is 0 Å². The highest BCUT2D eigenvalue weighted by Crippen LogP contribution is 2.25. The molecule has 0 spiro atoms. The SMILES string of the molecule is OCc1c(F)cc(Br)nc1C(F)F. The van der Waals surface area contributed by atoms with Gasteiger partial charge in [-0.1, -0.05) is 0 Å². The van der Waals surface area contributed by atoms with Crippen LogP contribution in [-0.2, 0) is 6.61 Å². The van der Waals surface area contributed by atoms with E-state index in [2.05, 4.69) is 20.9 Å². The molecule has 1 N–H and O–H groups in total. The first kappa shape index (κ1) is 10.5. The first-order chi connectivity index (χ1) is 6.06. The molecule has 6 heteroatoms. The number of aliphatic hydroxyl groups excluding tert-OH is 1. The van der Waals surface area contributed by atoms with E-state index >= 15 is 0 Å². The van der Waals surface area contributed by atoms with E-state index in [0.717, 1.165) is 6.07 Å². The van der Waals surface area contributed by atoms with E-state index < -0.39 is 30.1 Å². The summed E-state index contributed by atoms with van der Waals surface area (Å²) in [5.74, 6) is -0.889. The summed E-state index contributed by atoms with van der Waals surface area (Å²) < 4.78 is 37.3. The van der Waals surface area contributed by atoms with Crippen molar-refractivity contribution in [2.24, 2.45) is 0 Å². The molecular formula is C7H5BrF3NO.